The highest BCUT2D eigenvalue weighted by Gasteiger charge is 2.32. The molecule has 1 heterocycles. The molecule has 1 aliphatic carbocycles. The molecule has 0 amide bonds. The first-order valence-corrected chi connectivity index (χ1v) is 17.0. The van der Waals surface area contributed by atoms with Gasteiger partial charge in [0.1, 0.15) is 5.82 Å². The number of halogens is 1. The molecule has 5 rings (SSSR count). The zero-order valence-corrected chi connectivity index (χ0v) is 28.5. The van der Waals surface area contributed by atoms with Crippen LogP contribution in [0.15, 0.2) is 85.1 Å². The summed E-state index contributed by atoms with van der Waals surface area (Å²) in [5, 5.41) is 9.86. The van der Waals surface area contributed by atoms with Gasteiger partial charge in [0.15, 0.2) is 0 Å². The van der Waals surface area contributed by atoms with Crippen LogP contribution in [0.2, 0.25) is 0 Å². The van der Waals surface area contributed by atoms with Crippen LogP contribution < -0.4 is 4.90 Å². The largest absolute Gasteiger partial charge is 0.393 e. The van der Waals surface area contributed by atoms with Crippen LogP contribution in [0.1, 0.15) is 87.6 Å². The van der Waals surface area contributed by atoms with E-state index >= 15 is 0 Å². The van der Waals surface area contributed by atoms with Crippen LogP contribution in [-0.4, -0.2) is 35.7 Å². The molecule has 3 aromatic rings. The minimum atomic E-state index is -0.185. The lowest BCUT2D eigenvalue weighted by Gasteiger charge is -2.41. The van der Waals surface area contributed by atoms with Crippen molar-refractivity contribution in [2.24, 2.45) is 17.8 Å². The number of nitrogens with zero attached hydrogens (tertiary/aromatic N) is 2. The van der Waals surface area contributed by atoms with E-state index in [4.69, 9.17) is 0 Å². The second kappa shape index (κ2) is 16.4. The van der Waals surface area contributed by atoms with Crippen LogP contribution >= 0.6 is 0 Å². The van der Waals surface area contributed by atoms with Crippen molar-refractivity contribution in [1.82, 2.24) is 4.90 Å². The fourth-order valence-corrected chi connectivity index (χ4v) is 6.51. The SMILES string of the molecule is C=C(C1CCN(Cc2ccc(/C(=C\C)c3ccccc3F)c(C)c2)CC1)N(CC1CC(O)C1)c1ccccc1C.CCC(C)C. The maximum atomic E-state index is 14.5. The Labute approximate surface area is 272 Å². The van der Waals surface area contributed by atoms with Crippen LogP contribution in [0.3, 0.4) is 0 Å². The third-order valence-electron chi connectivity index (χ3n) is 9.72. The fourth-order valence-electron chi connectivity index (χ4n) is 6.51. The number of allylic oxidation sites excluding steroid dienone is 2. The average Bonchev–Trinajstić information content (AvgIpc) is 3.02. The van der Waals surface area contributed by atoms with Crippen LogP contribution in [0.5, 0.6) is 0 Å². The first-order chi connectivity index (χ1) is 21.6. The van der Waals surface area contributed by atoms with Crippen molar-refractivity contribution in [2.45, 2.75) is 86.3 Å². The first kappa shape index (κ1) is 34.7. The molecule has 0 bridgehead atoms. The molecule has 0 unspecified atom stereocenters. The molecule has 1 saturated carbocycles. The Morgan fingerprint density at radius 1 is 0.978 bits per heavy atom. The van der Waals surface area contributed by atoms with Crippen molar-refractivity contribution in [2.75, 3.05) is 24.5 Å². The summed E-state index contributed by atoms with van der Waals surface area (Å²) < 4.78 is 14.5. The Balaban J connectivity index is 0.000000854. The van der Waals surface area contributed by atoms with Gasteiger partial charge in [0.25, 0.3) is 0 Å². The molecule has 0 atom stereocenters. The smallest absolute Gasteiger partial charge is 0.131 e. The second-order valence-corrected chi connectivity index (χ2v) is 13.6. The summed E-state index contributed by atoms with van der Waals surface area (Å²) in [5.41, 5.74) is 8.90. The molecular formula is C41H55FN2O. The predicted octanol–water partition coefficient (Wildman–Crippen LogP) is 9.95. The van der Waals surface area contributed by atoms with Crippen molar-refractivity contribution in [3.8, 4) is 0 Å². The van der Waals surface area contributed by atoms with Gasteiger partial charge >= 0.3 is 0 Å². The standard InChI is InChI=1S/C36H43FN2O.C5H12/c1-5-32(34-11-7-8-12-35(34)37)33-15-14-28(20-26(33)3)23-38-18-16-30(17-19-38)27(4)39(24-29-21-31(40)22-29)36-13-9-6-10-25(36)2;1-4-5(2)3/h5-15,20,29-31,40H,4,16-19,21-24H2,1-3H3;5H,4H2,1-3H3/b32-5+;. The van der Waals surface area contributed by atoms with Gasteiger partial charge < -0.3 is 10.0 Å². The van der Waals surface area contributed by atoms with Gasteiger partial charge in [-0.05, 0) is 111 Å². The topological polar surface area (TPSA) is 26.7 Å². The number of aryl methyl sites for hydroxylation is 2. The van der Waals surface area contributed by atoms with Gasteiger partial charge in [-0.15, -0.1) is 0 Å². The van der Waals surface area contributed by atoms with Crippen molar-refractivity contribution in [3.63, 3.8) is 0 Å². The molecule has 45 heavy (non-hydrogen) atoms. The van der Waals surface area contributed by atoms with E-state index in [2.05, 4.69) is 93.5 Å². The third-order valence-corrected chi connectivity index (χ3v) is 9.72. The number of para-hydroxylation sites is 1. The summed E-state index contributed by atoms with van der Waals surface area (Å²) in [6.07, 6.45) is 7.15. The van der Waals surface area contributed by atoms with Crippen LogP contribution in [-0.2, 0) is 6.54 Å². The summed E-state index contributed by atoms with van der Waals surface area (Å²) in [6, 6.07) is 22.2. The van der Waals surface area contributed by atoms with E-state index in [9.17, 15) is 9.50 Å². The minimum absolute atomic E-state index is 0.137. The minimum Gasteiger partial charge on any atom is -0.393 e. The van der Waals surface area contributed by atoms with Crippen LogP contribution in [0.25, 0.3) is 5.57 Å². The van der Waals surface area contributed by atoms with Crippen molar-refractivity contribution >= 4 is 11.3 Å². The monoisotopic (exact) mass is 610 g/mol. The van der Waals surface area contributed by atoms with Gasteiger partial charge in [0.05, 0.1) is 6.10 Å². The summed E-state index contributed by atoms with van der Waals surface area (Å²) in [5.74, 6) is 1.69. The Bertz CT molecular complexity index is 1430. The summed E-state index contributed by atoms with van der Waals surface area (Å²) in [7, 11) is 0. The summed E-state index contributed by atoms with van der Waals surface area (Å²) in [6.45, 7) is 21.5. The zero-order chi connectivity index (χ0) is 32.5. The molecule has 0 aromatic heterocycles. The van der Waals surface area contributed by atoms with Gasteiger partial charge in [-0.2, -0.15) is 0 Å². The molecular weight excluding hydrogens is 555 g/mol. The number of likely N-dealkylation sites (tertiary alicyclic amines) is 1. The Hall–Kier alpha value is -3.21. The Morgan fingerprint density at radius 3 is 2.20 bits per heavy atom. The molecule has 2 aliphatic rings. The Kier molecular flexibility index (Phi) is 12.6. The maximum Gasteiger partial charge on any atom is 0.131 e. The van der Waals surface area contributed by atoms with Crippen molar-refractivity contribution in [1.29, 1.82) is 0 Å². The van der Waals surface area contributed by atoms with Crippen molar-refractivity contribution < 1.29 is 9.50 Å². The molecule has 3 nitrogen and oxygen atoms in total. The predicted molar refractivity (Wildman–Crippen MR) is 190 cm³/mol. The highest BCUT2D eigenvalue weighted by Crippen LogP contribution is 2.36. The van der Waals surface area contributed by atoms with Crippen LogP contribution in [0.4, 0.5) is 10.1 Å². The molecule has 2 fully saturated rings. The molecule has 3 aromatic carbocycles. The van der Waals surface area contributed by atoms with Crippen LogP contribution in [0, 0.1) is 37.4 Å². The van der Waals surface area contributed by atoms with E-state index in [0.717, 1.165) is 68.9 Å². The number of hydrogen-bond acceptors (Lipinski definition) is 3. The number of anilines is 1. The number of benzene rings is 3. The average molecular weight is 611 g/mol. The number of aliphatic hydroxyl groups is 1. The van der Waals surface area contributed by atoms with Gasteiger partial charge in [-0.25, -0.2) is 4.39 Å². The number of piperidine rings is 1. The molecule has 1 saturated heterocycles. The second-order valence-electron chi connectivity index (χ2n) is 13.6. The molecule has 1 aliphatic heterocycles. The first-order valence-electron chi connectivity index (χ1n) is 17.0. The fraction of sp³-hybridized carbons (Fsp3) is 0.463. The van der Waals surface area contributed by atoms with E-state index in [1.54, 1.807) is 6.07 Å². The summed E-state index contributed by atoms with van der Waals surface area (Å²) >= 11 is 0. The van der Waals surface area contributed by atoms with E-state index in [0.29, 0.717) is 17.4 Å². The lowest BCUT2D eigenvalue weighted by Crippen LogP contribution is -2.41. The van der Waals surface area contributed by atoms with Crippen molar-refractivity contribution in [3.05, 3.63) is 119 Å². The molecule has 1 N–H and O–H groups in total. The molecule has 242 valence electrons. The van der Waals surface area contributed by atoms with E-state index in [1.165, 1.54) is 40.6 Å². The normalized spacial score (nSPS) is 19.1. The third kappa shape index (κ3) is 9.17. The number of hydrogen-bond donors (Lipinski definition) is 1. The Morgan fingerprint density at radius 2 is 1.62 bits per heavy atom. The highest BCUT2D eigenvalue weighted by atomic mass is 19.1. The van der Waals surface area contributed by atoms with E-state index in [-0.39, 0.29) is 11.9 Å². The number of aliphatic hydroxyl groups excluding tert-OH is 1. The molecule has 0 spiro atoms. The number of rotatable bonds is 10. The lowest BCUT2D eigenvalue weighted by atomic mass is 9.81. The van der Waals surface area contributed by atoms with Gasteiger partial charge in [-0.3, -0.25) is 4.90 Å². The molecule has 4 heteroatoms. The van der Waals surface area contributed by atoms with Gasteiger partial charge in [-0.1, -0.05) is 94.4 Å². The van der Waals surface area contributed by atoms with Gasteiger partial charge in [0.2, 0.25) is 0 Å². The zero-order valence-electron chi connectivity index (χ0n) is 28.5. The van der Waals surface area contributed by atoms with E-state index in [1.807, 2.05) is 25.1 Å². The summed E-state index contributed by atoms with van der Waals surface area (Å²) in [4.78, 5) is 4.99. The van der Waals surface area contributed by atoms with E-state index < -0.39 is 0 Å². The lowest BCUT2D eigenvalue weighted by molar-refractivity contribution is 0.0462. The quantitative estimate of drug-likeness (QED) is 0.247. The highest BCUT2D eigenvalue weighted by molar-refractivity contribution is 5.81. The van der Waals surface area contributed by atoms with Gasteiger partial charge in [0, 0.05) is 36.0 Å². The maximum absolute atomic E-state index is 14.5. The molecule has 0 radical (unpaired) electrons.